The molecule has 3 saturated heterocycles. The molecule has 0 radical (unpaired) electrons. The van der Waals surface area contributed by atoms with Crippen molar-refractivity contribution in [3.8, 4) is 0 Å². The van der Waals surface area contributed by atoms with Gasteiger partial charge in [-0.2, -0.15) is 0 Å². The fraction of sp³-hybridized carbons (Fsp3) is 0.567. The molecule has 3 heterocycles. The van der Waals surface area contributed by atoms with Gasteiger partial charge in [-0.3, -0.25) is 14.4 Å². The second kappa shape index (κ2) is 10.9. The Hall–Kier alpha value is -2.58. The zero-order chi connectivity index (χ0) is 27.8. The monoisotopic (exact) mass is 539 g/mol. The van der Waals surface area contributed by atoms with Crippen LogP contribution in [0, 0.1) is 17.8 Å². The number of carbonyl (C=O) groups is 3. The molecule has 1 aromatic rings. The highest BCUT2D eigenvalue weighted by Crippen LogP contribution is 2.69. The maximum absolute atomic E-state index is 14.3. The van der Waals surface area contributed by atoms with Gasteiger partial charge in [-0.1, -0.05) is 49.4 Å². The number of hydrogen-bond donors (Lipinski definition) is 1. The van der Waals surface area contributed by atoms with E-state index in [4.69, 9.17) is 0 Å². The van der Waals surface area contributed by atoms with Gasteiger partial charge in [0, 0.05) is 37.0 Å². The average molecular weight is 540 g/mol. The van der Waals surface area contributed by atoms with Crippen molar-refractivity contribution in [1.82, 2.24) is 14.7 Å². The lowest BCUT2D eigenvalue weighted by Gasteiger charge is -2.44. The van der Waals surface area contributed by atoms with E-state index in [-0.39, 0.29) is 42.0 Å². The van der Waals surface area contributed by atoms with Gasteiger partial charge in [0.2, 0.25) is 17.7 Å². The lowest BCUT2D eigenvalue weighted by atomic mass is 9.65. The van der Waals surface area contributed by atoms with Crippen LogP contribution in [0.25, 0.3) is 0 Å². The van der Waals surface area contributed by atoms with Crippen LogP contribution in [0.3, 0.4) is 0 Å². The Labute approximate surface area is 230 Å². The number of hydrogen-bond acceptors (Lipinski definition) is 5. The number of nitrogens with zero attached hydrogens (tertiary/aromatic N) is 3. The number of thioether (sulfide) groups is 1. The summed E-state index contributed by atoms with van der Waals surface area (Å²) in [6.07, 6.45) is 4.19. The molecule has 3 unspecified atom stereocenters. The van der Waals surface area contributed by atoms with E-state index in [9.17, 15) is 19.5 Å². The van der Waals surface area contributed by atoms with Gasteiger partial charge in [0.15, 0.2) is 0 Å². The zero-order valence-corrected chi connectivity index (χ0v) is 23.8. The van der Waals surface area contributed by atoms with E-state index >= 15 is 0 Å². The van der Waals surface area contributed by atoms with Crippen molar-refractivity contribution in [2.24, 2.45) is 17.8 Å². The summed E-state index contributed by atoms with van der Waals surface area (Å²) in [5, 5.41) is 9.87. The Bertz CT molecular complexity index is 1090. The van der Waals surface area contributed by atoms with Gasteiger partial charge >= 0.3 is 0 Å². The number of likely N-dealkylation sites (tertiary alicyclic amines) is 1. The zero-order valence-electron chi connectivity index (χ0n) is 23.0. The number of carbonyl (C=O) groups excluding carboxylic acids is 3. The van der Waals surface area contributed by atoms with Crippen LogP contribution in [0.4, 0.5) is 0 Å². The van der Waals surface area contributed by atoms with Crippen LogP contribution >= 0.6 is 11.8 Å². The van der Waals surface area contributed by atoms with Gasteiger partial charge in [0.25, 0.3) is 0 Å². The first-order valence-electron chi connectivity index (χ1n) is 13.5. The summed E-state index contributed by atoms with van der Waals surface area (Å²) in [5.41, 5.74) is 0.531. The average Bonchev–Trinajstić information content (AvgIpc) is 3.45. The molecule has 0 aliphatic carbocycles. The van der Waals surface area contributed by atoms with E-state index in [1.807, 2.05) is 51.1 Å². The van der Waals surface area contributed by atoms with Crippen LogP contribution < -0.4 is 0 Å². The molecule has 1 aromatic carbocycles. The quantitative estimate of drug-likeness (QED) is 0.462. The highest BCUT2D eigenvalue weighted by Gasteiger charge is 2.76. The summed E-state index contributed by atoms with van der Waals surface area (Å²) in [5.74, 6) is -1.45. The second-order valence-electron chi connectivity index (χ2n) is 11.7. The molecule has 7 nitrogen and oxygen atoms in total. The summed E-state index contributed by atoms with van der Waals surface area (Å²) in [4.78, 5) is 47.8. The molecular formula is C30H41N3O4S. The number of aliphatic hydroxyl groups excluding tert-OH is 1. The van der Waals surface area contributed by atoms with Crippen molar-refractivity contribution in [1.29, 1.82) is 0 Å². The predicted molar refractivity (Wildman–Crippen MR) is 151 cm³/mol. The minimum absolute atomic E-state index is 0.0383. The van der Waals surface area contributed by atoms with E-state index in [0.717, 1.165) is 12.0 Å². The van der Waals surface area contributed by atoms with Gasteiger partial charge in [0.05, 0.1) is 23.2 Å². The first-order chi connectivity index (χ1) is 18.0. The third-order valence-corrected chi connectivity index (χ3v) is 10.4. The normalized spacial score (nSPS) is 29.8. The van der Waals surface area contributed by atoms with Crippen molar-refractivity contribution in [3.63, 3.8) is 0 Å². The van der Waals surface area contributed by atoms with Gasteiger partial charge < -0.3 is 19.8 Å². The lowest BCUT2D eigenvalue weighted by molar-refractivity contribution is -0.146. The molecule has 3 aliphatic rings. The largest absolute Gasteiger partial charge is 0.395 e. The Morgan fingerprint density at radius 1 is 1.16 bits per heavy atom. The Morgan fingerprint density at radius 3 is 2.39 bits per heavy atom. The minimum atomic E-state index is -0.740. The molecule has 1 N–H and O–H groups in total. The molecule has 6 atom stereocenters. The van der Waals surface area contributed by atoms with Gasteiger partial charge in [-0.15, -0.1) is 24.9 Å². The Morgan fingerprint density at radius 2 is 1.82 bits per heavy atom. The number of amides is 3. The molecule has 0 saturated carbocycles. The highest BCUT2D eigenvalue weighted by atomic mass is 32.2. The fourth-order valence-corrected chi connectivity index (χ4v) is 9.21. The topological polar surface area (TPSA) is 81.2 Å². The summed E-state index contributed by atoms with van der Waals surface area (Å²) in [6.45, 7) is 16.7. The maximum atomic E-state index is 14.3. The highest BCUT2D eigenvalue weighted by molar-refractivity contribution is 8.02. The predicted octanol–water partition coefficient (Wildman–Crippen LogP) is 3.34. The van der Waals surface area contributed by atoms with E-state index in [1.54, 1.807) is 38.6 Å². The van der Waals surface area contributed by atoms with E-state index < -0.39 is 28.2 Å². The van der Waals surface area contributed by atoms with Crippen LogP contribution in [0.2, 0.25) is 0 Å². The van der Waals surface area contributed by atoms with Gasteiger partial charge in [-0.25, -0.2) is 0 Å². The second-order valence-corrected chi connectivity index (χ2v) is 13.3. The number of benzene rings is 1. The smallest absolute Gasteiger partial charge is 0.247 e. The third kappa shape index (κ3) is 4.60. The standard InChI is InChI=1S/C30H41N3O4S/c1-7-14-31(19-21-12-10-9-11-13-21)26(35)23-22-18-20(3)30(38-22)24(23)27(36)32(16-17-34)25(30)28(37)33(15-8-2)29(4,5)6/h7-13,20,22-25,34H,1-2,14-19H2,3-6H3/t20?,22-,23+,24+,25?,30?/m1/s1. The first-order valence-corrected chi connectivity index (χ1v) is 14.4. The van der Waals surface area contributed by atoms with Crippen molar-refractivity contribution < 1.29 is 19.5 Å². The number of β-amino-alcohol motifs (C(OH)–C–C–N with tert-alkyl or cyclic N) is 1. The summed E-state index contributed by atoms with van der Waals surface area (Å²) in [7, 11) is 0. The van der Waals surface area contributed by atoms with Crippen molar-refractivity contribution in [2.45, 2.75) is 62.2 Å². The minimum Gasteiger partial charge on any atom is -0.395 e. The number of fused-ring (bicyclic) bond motifs is 1. The SMILES string of the molecule is C=CCN(Cc1ccccc1)C(=O)[C@@H]1[C@H]2C(=O)N(CCO)C(C(=O)N(CC=C)C(C)(C)C)C23S[C@@H]1CC3C. The third-order valence-electron chi connectivity index (χ3n) is 8.37. The van der Waals surface area contributed by atoms with Gasteiger partial charge in [-0.05, 0) is 38.7 Å². The van der Waals surface area contributed by atoms with Crippen LogP contribution in [0.15, 0.2) is 55.6 Å². The molecule has 3 aliphatic heterocycles. The number of aliphatic hydroxyl groups is 1. The Balaban J connectivity index is 1.75. The summed E-state index contributed by atoms with van der Waals surface area (Å²) < 4.78 is -0.717. The van der Waals surface area contributed by atoms with Gasteiger partial charge in [0.1, 0.15) is 6.04 Å². The molecule has 4 rings (SSSR count). The van der Waals surface area contributed by atoms with E-state index in [2.05, 4.69) is 20.1 Å². The molecular weight excluding hydrogens is 498 g/mol. The molecule has 8 heteroatoms. The summed E-state index contributed by atoms with van der Waals surface area (Å²) >= 11 is 1.66. The van der Waals surface area contributed by atoms with Crippen molar-refractivity contribution >= 4 is 29.5 Å². The van der Waals surface area contributed by atoms with Crippen LogP contribution in [0.5, 0.6) is 0 Å². The molecule has 3 amide bonds. The lowest BCUT2D eigenvalue weighted by Crippen LogP contribution is -2.60. The van der Waals surface area contributed by atoms with Crippen LogP contribution in [0.1, 0.15) is 39.7 Å². The summed E-state index contributed by atoms with van der Waals surface area (Å²) in [6, 6.07) is 9.07. The van der Waals surface area contributed by atoms with E-state index in [1.165, 1.54) is 0 Å². The number of rotatable bonds is 10. The molecule has 2 bridgehead atoms. The molecule has 206 valence electrons. The van der Waals surface area contributed by atoms with Crippen molar-refractivity contribution in [3.05, 3.63) is 61.2 Å². The fourth-order valence-electron chi connectivity index (χ4n) is 6.80. The van der Waals surface area contributed by atoms with Crippen LogP contribution in [-0.4, -0.2) is 85.3 Å². The Kier molecular flexibility index (Phi) is 8.15. The van der Waals surface area contributed by atoms with E-state index in [0.29, 0.717) is 19.6 Å². The molecule has 3 fully saturated rings. The van der Waals surface area contributed by atoms with Crippen molar-refractivity contribution in [2.75, 3.05) is 26.2 Å². The van der Waals surface area contributed by atoms with Crippen LogP contribution in [-0.2, 0) is 20.9 Å². The maximum Gasteiger partial charge on any atom is 0.247 e. The first kappa shape index (κ1) is 28.4. The molecule has 1 spiro atoms. The molecule has 0 aromatic heterocycles. The molecule has 38 heavy (non-hydrogen) atoms.